The first-order valence-corrected chi connectivity index (χ1v) is 12.7. The fourth-order valence-corrected chi connectivity index (χ4v) is 5.20. The largest absolute Gasteiger partial charge is 0.480 e. The van der Waals surface area contributed by atoms with Crippen LogP contribution in [0, 0.1) is 6.92 Å². The summed E-state index contributed by atoms with van der Waals surface area (Å²) in [5.41, 5.74) is 4.76. The molecule has 0 saturated carbocycles. The maximum atomic E-state index is 13.5. The summed E-state index contributed by atoms with van der Waals surface area (Å²) in [5.74, 6) is 1.20. The molecule has 0 radical (unpaired) electrons. The Kier molecular flexibility index (Phi) is 6.29. The van der Waals surface area contributed by atoms with Crippen LogP contribution in [0.2, 0.25) is 0 Å². The van der Waals surface area contributed by atoms with E-state index in [9.17, 15) is 13.2 Å². The van der Waals surface area contributed by atoms with Crippen LogP contribution in [0.4, 0.5) is 13.2 Å². The standard InChI is InChI=1S/C28H27F3N8O/c1-16-23(27(40-4)34-15-33-16)25-32-10-21-24(36-25)19(11-38(21)3)9-17-5-7-18(8-6-17)26-35-22(28(29,30)31)14-39(26)20-12-37(2)13-20/h5-8,10-11,14-15,20H,9,12-13H2,1-4H3. The highest BCUT2D eigenvalue weighted by atomic mass is 19.4. The van der Waals surface area contributed by atoms with Crippen LogP contribution in [0.1, 0.15) is 28.6 Å². The van der Waals surface area contributed by atoms with E-state index in [1.54, 1.807) is 17.9 Å². The molecular weight excluding hydrogens is 521 g/mol. The first-order valence-electron chi connectivity index (χ1n) is 12.7. The maximum absolute atomic E-state index is 13.5. The smallest absolute Gasteiger partial charge is 0.434 e. The number of ether oxygens (including phenoxy) is 1. The van der Waals surface area contributed by atoms with Gasteiger partial charge in [0.2, 0.25) is 5.88 Å². The number of likely N-dealkylation sites (tertiary alicyclic amines) is 1. The summed E-state index contributed by atoms with van der Waals surface area (Å²) in [6.45, 7) is 3.22. The number of likely N-dealkylation sites (N-methyl/N-ethyl adjacent to an activating group) is 1. The Morgan fingerprint density at radius 3 is 2.42 bits per heavy atom. The number of halogens is 3. The van der Waals surface area contributed by atoms with Crippen molar-refractivity contribution in [2.45, 2.75) is 25.6 Å². The molecule has 5 aromatic rings. The minimum Gasteiger partial charge on any atom is -0.480 e. The molecule has 0 N–H and O–H groups in total. The van der Waals surface area contributed by atoms with Crippen LogP contribution in [-0.4, -0.2) is 66.2 Å². The molecule has 1 fully saturated rings. The Balaban J connectivity index is 1.32. The Labute approximate surface area is 228 Å². The van der Waals surface area contributed by atoms with Gasteiger partial charge in [0.15, 0.2) is 11.5 Å². The Morgan fingerprint density at radius 1 is 1.00 bits per heavy atom. The predicted molar refractivity (Wildman–Crippen MR) is 143 cm³/mol. The highest BCUT2D eigenvalue weighted by molar-refractivity contribution is 5.82. The fraction of sp³-hybridized carbons (Fsp3) is 0.321. The SMILES string of the molecule is COc1ncnc(C)c1-c1ncc2c(n1)c(Cc1ccc(-c3nc(C(F)(F)F)cn3C3CN(C)C3)cc1)cn2C. The fourth-order valence-electron chi connectivity index (χ4n) is 5.20. The molecule has 5 heterocycles. The molecule has 6 rings (SSSR count). The van der Waals surface area contributed by atoms with Crippen molar-refractivity contribution in [2.24, 2.45) is 7.05 Å². The number of hydrogen-bond donors (Lipinski definition) is 0. The van der Waals surface area contributed by atoms with Crippen LogP contribution in [-0.2, 0) is 19.6 Å². The van der Waals surface area contributed by atoms with Crippen LogP contribution in [0.5, 0.6) is 5.88 Å². The molecule has 0 amide bonds. The van der Waals surface area contributed by atoms with E-state index in [-0.39, 0.29) is 6.04 Å². The van der Waals surface area contributed by atoms with Crippen LogP contribution in [0.25, 0.3) is 33.8 Å². The van der Waals surface area contributed by atoms with Gasteiger partial charge in [0, 0.05) is 50.1 Å². The lowest BCUT2D eigenvalue weighted by Gasteiger charge is -2.37. The number of hydrogen-bond acceptors (Lipinski definition) is 7. The first kappa shape index (κ1) is 25.9. The van der Waals surface area contributed by atoms with Crippen molar-refractivity contribution in [3.63, 3.8) is 0 Å². The third-order valence-electron chi connectivity index (χ3n) is 7.29. The molecule has 206 valence electrons. The van der Waals surface area contributed by atoms with E-state index in [1.165, 1.54) is 6.33 Å². The minimum atomic E-state index is -4.50. The number of fused-ring (bicyclic) bond motifs is 1. The zero-order valence-corrected chi connectivity index (χ0v) is 22.4. The van der Waals surface area contributed by atoms with Crippen molar-refractivity contribution in [1.82, 2.24) is 39.0 Å². The number of alkyl halides is 3. The van der Waals surface area contributed by atoms with Gasteiger partial charge in [-0.25, -0.2) is 24.9 Å². The van der Waals surface area contributed by atoms with Gasteiger partial charge in [-0.2, -0.15) is 13.2 Å². The van der Waals surface area contributed by atoms with Crippen LogP contribution in [0.15, 0.2) is 49.2 Å². The van der Waals surface area contributed by atoms with Crippen molar-refractivity contribution in [1.29, 1.82) is 0 Å². The van der Waals surface area contributed by atoms with Gasteiger partial charge in [-0.3, -0.25) is 0 Å². The van der Waals surface area contributed by atoms with Gasteiger partial charge >= 0.3 is 6.18 Å². The molecule has 0 atom stereocenters. The van der Waals surface area contributed by atoms with E-state index in [4.69, 9.17) is 9.72 Å². The van der Waals surface area contributed by atoms with E-state index in [0.29, 0.717) is 53.9 Å². The molecule has 4 aromatic heterocycles. The number of rotatable bonds is 6. The summed E-state index contributed by atoms with van der Waals surface area (Å²) in [5, 5.41) is 0. The third-order valence-corrected chi connectivity index (χ3v) is 7.29. The Morgan fingerprint density at radius 2 is 1.75 bits per heavy atom. The number of nitrogens with zero attached hydrogens (tertiary/aromatic N) is 8. The number of benzene rings is 1. The molecule has 1 aromatic carbocycles. The molecule has 0 spiro atoms. The van der Waals surface area contributed by atoms with Gasteiger partial charge in [-0.15, -0.1) is 0 Å². The molecule has 9 nitrogen and oxygen atoms in total. The summed E-state index contributed by atoms with van der Waals surface area (Å²) in [7, 11) is 5.42. The zero-order chi connectivity index (χ0) is 28.2. The Hall–Kier alpha value is -4.32. The number of aromatic nitrogens is 7. The number of methoxy groups -OCH3 is 1. The van der Waals surface area contributed by atoms with Crippen molar-refractivity contribution in [2.75, 3.05) is 27.2 Å². The zero-order valence-electron chi connectivity index (χ0n) is 22.4. The molecule has 0 aliphatic carbocycles. The molecule has 40 heavy (non-hydrogen) atoms. The van der Waals surface area contributed by atoms with Crippen LogP contribution < -0.4 is 4.74 Å². The molecule has 1 aliphatic rings. The highest BCUT2D eigenvalue weighted by Crippen LogP contribution is 2.35. The molecule has 12 heteroatoms. The topological polar surface area (TPSA) is 86.8 Å². The summed E-state index contributed by atoms with van der Waals surface area (Å²) in [6.07, 6.45) is 2.42. The monoisotopic (exact) mass is 548 g/mol. The van der Waals surface area contributed by atoms with E-state index in [0.717, 1.165) is 28.4 Å². The average Bonchev–Trinajstić information content (AvgIpc) is 3.48. The summed E-state index contributed by atoms with van der Waals surface area (Å²) < 4.78 is 49.5. The van der Waals surface area contributed by atoms with Gasteiger partial charge in [0.25, 0.3) is 0 Å². The van der Waals surface area contributed by atoms with Crippen molar-refractivity contribution in [3.8, 4) is 28.7 Å². The van der Waals surface area contributed by atoms with Crippen molar-refractivity contribution < 1.29 is 17.9 Å². The number of aryl methyl sites for hydroxylation is 2. The summed E-state index contributed by atoms with van der Waals surface area (Å²) in [6, 6.07) is 7.47. The summed E-state index contributed by atoms with van der Waals surface area (Å²) >= 11 is 0. The lowest BCUT2D eigenvalue weighted by molar-refractivity contribution is -0.141. The minimum absolute atomic E-state index is 0.0369. The highest BCUT2D eigenvalue weighted by Gasteiger charge is 2.37. The normalized spacial score (nSPS) is 14.6. The second-order valence-electron chi connectivity index (χ2n) is 10.1. The van der Waals surface area contributed by atoms with E-state index in [1.807, 2.05) is 56.0 Å². The van der Waals surface area contributed by atoms with Crippen LogP contribution in [0.3, 0.4) is 0 Å². The van der Waals surface area contributed by atoms with E-state index >= 15 is 0 Å². The van der Waals surface area contributed by atoms with E-state index < -0.39 is 11.9 Å². The van der Waals surface area contributed by atoms with E-state index in [2.05, 4.69) is 24.8 Å². The second kappa shape index (κ2) is 9.70. The van der Waals surface area contributed by atoms with Gasteiger partial charge in [0.05, 0.1) is 36.1 Å². The number of imidazole rings is 1. The van der Waals surface area contributed by atoms with Gasteiger partial charge in [-0.05, 0) is 19.5 Å². The lowest BCUT2D eigenvalue weighted by atomic mass is 10.0. The quantitative estimate of drug-likeness (QED) is 0.304. The molecule has 0 unspecified atom stereocenters. The van der Waals surface area contributed by atoms with Gasteiger partial charge in [0.1, 0.15) is 17.7 Å². The second-order valence-corrected chi connectivity index (χ2v) is 10.1. The predicted octanol–water partition coefficient (Wildman–Crippen LogP) is 4.70. The van der Waals surface area contributed by atoms with Gasteiger partial charge in [-0.1, -0.05) is 24.3 Å². The third kappa shape index (κ3) is 4.57. The molecular formula is C28H27F3N8O. The Bertz CT molecular complexity index is 1700. The van der Waals surface area contributed by atoms with Crippen molar-refractivity contribution in [3.05, 3.63) is 71.7 Å². The van der Waals surface area contributed by atoms with Gasteiger partial charge < -0.3 is 18.8 Å². The average molecular weight is 549 g/mol. The molecule has 1 aliphatic heterocycles. The first-order chi connectivity index (χ1) is 19.1. The van der Waals surface area contributed by atoms with Crippen LogP contribution >= 0.6 is 0 Å². The maximum Gasteiger partial charge on any atom is 0.434 e. The molecule has 0 bridgehead atoms. The summed E-state index contributed by atoms with van der Waals surface area (Å²) in [4.78, 5) is 23.9. The van der Waals surface area contributed by atoms with Crippen molar-refractivity contribution >= 4 is 11.0 Å². The molecule has 1 saturated heterocycles. The lowest BCUT2D eigenvalue weighted by Crippen LogP contribution is -2.44.